The lowest BCUT2D eigenvalue weighted by atomic mass is 9.28. The molecule has 0 radical (unpaired) electrons. The summed E-state index contributed by atoms with van der Waals surface area (Å²) in [6.45, 7) is 2.37. The van der Waals surface area contributed by atoms with Crippen molar-refractivity contribution >= 4 is 0 Å². The van der Waals surface area contributed by atoms with Crippen LogP contribution in [0.25, 0.3) is 0 Å². The third-order valence-electron chi connectivity index (χ3n) is 11.6. The van der Waals surface area contributed by atoms with Gasteiger partial charge in [0.2, 0.25) is 0 Å². The summed E-state index contributed by atoms with van der Waals surface area (Å²) in [6, 6.07) is 0.503. The Labute approximate surface area is 168 Å². The molecule has 3 nitrogen and oxygen atoms in total. The third kappa shape index (κ3) is 1.41. The molecule has 9 aliphatic rings. The van der Waals surface area contributed by atoms with Crippen molar-refractivity contribution in [1.29, 1.82) is 0 Å². The summed E-state index contributed by atoms with van der Waals surface area (Å²) in [7, 11) is 2.14. The van der Waals surface area contributed by atoms with Crippen molar-refractivity contribution in [1.82, 2.24) is 5.32 Å². The van der Waals surface area contributed by atoms with Crippen molar-refractivity contribution in [2.45, 2.75) is 76.0 Å². The number of hydrogen-bond donors (Lipinski definition) is 3. The van der Waals surface area contributed by atoms with Crippen LogP contribution in [0.5, 0.6) is 0 Å². The minimum absolute atomic E-state index is 0.0355. The highest BCUT2D eigenvalue weighted by atomic mass is 16.3. The number of rotatable bonds is 1. The molecule has 9 rings (SSSR count). The number of aliphatic hydroxyl groups excluding tert-OH is 1. The van der Waals surface area contributed by atoms with Crippen LogP contribution >= 0.6 is 0 Å². The first-order valence-corrected chi connectivity index (χ1v) is 11.8. The van der Waals surface area contributed by atoms with Crippen LogP contribution in [0.1, 0.15) is 58.3 Å². The lowest BCUT2D eigenvalue weighted by Gasteiger charge is -2.76. The minimum Gasteiger partial charge on any atom is -0.392 e. The molecule has 0 aliphatic heterocycles. The Hall–Kier alpha value is -0.640. The van der Waals surface area contributed by atoms with E-state index in [4.69, 9.17) is 0 Å². The van der Waals surface area contributed by atoms with Crippen molar-refractivity contribution < 1.29 is 10.2 Å². The molecule has 3 N–H and O–H groups in total. The monoisotopic (exact) mass is 381 g/mol. The number of hydrogen-bond acceptors (Lipinski definition) is 3. The molecule has 3 spiro atoms. The van der Waals surface area contributed by atoms with E-state index in [1.165, 1.54) is 19.3 Å². The molecule has 9 aliphatic carbocycles. The summed E-state index contributed by atoms with van der Waals surface area (Å²) >= 11 is 0. The van der Waals surface area contributed by atoms with Crippen LogP contribution in [-0.2, 0) is 0 Å². The standard InChI is InChI=1S/C25H35NO2/c1-21-10-15-5-6-18(21)20(27)25-9-7-16-12-23(25,24(28,11-15)13-21)14-22(25)8-3-4-17(22)19(16)26-2/h5-7,9,15-20,26-28H,3-4,8,10-14H2,1-2H3/t15-,16+,17-,18-,19+,20-,21+,22-,23-,24+,25-/m0/s1. The maximum Gasteiger partial charge on any atom is 0.0724 e. The highest BCUT2D eigenvalue weighted by Gasteiger charge is 2.87. The Kier molecular flexibility index (Phi) is 2.84. The van der Waals surface area contributed by atoms with Crippen LogP contribution in [0.15, 0.2) is 24.3 Å². The zero-order valence-electron chi connectivity index (χ0n) is 17.3. The number of aliphatic hydroxyl groups is 2. The molecule has 6 fully saturated rings. The van der Waals surface area contributed by atoms with Crippen molar-refractivity contribution in [2.75, 3.05) is 7.05 Å². The quantitative estimate of drug-likeness (QED) is 0.610. The van der Waals surface area contributed by atoms with E-state index in [0.717, 1.165) is 32.1 Å². The average Bonchev–Trinajstić information content (AvgIpc) is 2.95. The topological polar surface area (TPSA) is 52.5 Å². The molecule has 0 heterocycles. The largest absolute Gasteiger partial charge is 0.392 e. The molecule has 0 aromatic heterocycles. The predicted octanol–water partition coefficient (Wildman–Crippen LogP) is 3.43. The Balaban J connectivity index is 1.54. The van der Waals surface area contributed by atoms with Gasteiger partial charge in [0, 0.05) is 22.8 Å². The van der Waals surface area contributed by atoms with Crippen LogP contribution in [0, 0.1) is 45.3 Å². The van der Waals surface area contributed by atoms with Crippen molar-refractivity contribution in [3.63, 3.8) is 0 Å². The van der Waals surface area contributed by atoms with E-state index in [1.807, 2.05) is 0 Å². The first-order chi connectivity index (χ1) is 13.3. The summed E-state index contributed by atoms with van der Waals surface area (Å²) in [5.41, 5.74) is -0.780. The van der Waals surface area contributed by atoms with Crippen molar-refractivity contribution in [2.24, 2.45) is 45.3 Å². The molecule has 0 amide bonds. The van der Waals surface area contributed by atoms with Crippen molar-refractivity contribution in [3.05, 3.63) is 24.3 Å². The second-order valence-corrected chi connectivity index (χ2v) is 12.2. The highest BCUT2D eigenvalue weighted by molar-refractivity contribution is 5.44. The van der Waals surface area contributed by atoms with E-state index >= 15 is 0 Å². The molecule has 0 unspecified atom stereocenters. The van der Waals surface area contributed by atoms with Gasteiger partial charge in [-0.05, 0) is 80.6 Å². The molecule has 0 aromatic carbocycles. The third-order valence-corrected chi connectivity index (χ3v) is 11.6. The van der Waals surface area contributed by atoms with E-state index in [9.17, 15) is 10.2 Å². The Morgan fingerprint density at radius 3 is 2.75 bits per heavy atom. The van der Waals surface area contributed by atoms with Gasteiger partial charge in [-0.2, -0.15) is 0 Å². The molecule has 3 heteroatoms. The van der Waals surface area contributed by atoms with Gasteiger partial charge in [0.15, 0.2) is 0 Å². The van der Waals surface area contributed by atoms with Crippen LogP contribution in [0.3, 0.4) is 0 Å². The van der Waals surface area contributed by atoms with Gasteiger partial charge in [-0.1, -0.05) is 37.6 Å². The van der Waals surface area contributed by atoms with E-state index < -0.39 is 5.60 Å². The zero-order valence-corrected chi connectivity index (χ0v) is 17.3. The molecule has 0 aromatic rings. The maximum atomic E-state index is 12.5. The van der Waals surface area contributed by atoms with Gasteiger partial charge in [-0.15, -0.1) is 0 Å². The summed E-state index contributed by atoms with van der Waals surface area (Å²) in [5.74, 6) is 1.80. The van der Waals surface area contributed by atoms with Crippen LogP contribution in [0.4, 0.5) is 0 Å². The fraction of sp³-hybridized carbons (Fsp3) is 0.840. The summed E-state index contributed by atoms with van der Waals surface area (Å²) < 4.78 is 0. The van der Waals surface area contributed by atoms with E-state index in [2.05, 4.69) is 43.6 Å². The average molecular weight is 382 g/mol. The molecule has 152 valence electrons. The number of fused-ring (bicyclic) bond motifs is 2. The first-order valence-electron chi connectivity index (χ1n) is 11.8. The van der Waals surface area contributed by atoms with Gasteiger partial charge in [0.25, 0.3) is 0 Å². The highest BCUT2D eigenvalue weighted by Crippen LogP contribution is 2.88. The first kappa shape index (κ1) is 17.1. The van der Waals surface area contributed by atoms with Gasteiger partial charge in [-0.3, -0.25) is 0 Å². The Morgan fingerprint density at radius 1 is 1.07 bits per heavy atom. The molecule has 7 bridgehead atoms. The lowest BCUT2D eigenvalue weighted by molar-refractivity contribution is -0.316. The van der Waals surface area contributed by atoms with E-state index in [1.54, 1.807) is 0 Å². The Morgan fingerprint density at radius 2 is 1.93 bits per heavy atom. The zero-order chi connectivity index (χ0) is 19.2. The van der Waals surface area contributed by atoms with Gasteiger partial charge >= 0.3 is 0 Å². The van der Waals surface area contributed by atoms with Crippen LogP contribution in [0.2, 0.25) is 0 Å². The second-order valence-electron chi connectivity index (χ2n) is 12.2. The van der Waals surface area contributed by atoms with E-state index in [-0.39, 0.29) is 33.7 Å². The van der Waals surface area contributed by atoms with Gasteiger partial charge in [-0.25, -0.2) is 0 Å². The second kappa shape index (κ2) is 4.65. The summed E-state index contributed by atoms with van der Waals surface area (Å²) in [5, 5.41) is 28.5. The minimum atomic E-state index is -0.630. The number of nitrogens with one attached hydrogen (secondary N) is 1. The SMILES string of the molecule is CN[C@@H]1[C@@H]2C=C[C@@]34[C@@H](O)[C@@H]5C=C[C@H]6C[C@]5(C)C[C@](O)(C6)[C@]3(C2)C[C@]42CCC[C@@H]12. The van der Waals surface area contributed by atoms with E-state index in [0.29, 0.717) is 23.8 Å². The van der Waals surface area contributed by atoms with Gasteiger partial charge in [0.05, 0.1) is 11.7 Å². The maximum absolute atomic E-state index is 12.5. The molecular weight excluding hydrogens is 346 g/mol. The fourth-order valence-electron chi connectivity index (χ4n) is 11.2. The molecule has 28 heavy (non-hydrogen) atoms. The van der Waals surface area contributed by atoms with Crippen LogP contribution in [-0.4, -0.2) is 35.0 Å². The molecular formula is C25H35NO2. The normalized spacial score (nSPS) is 67.4. The van der Waals surface area contributed by atoms with Gasteiger partial charge < -0.3 is 15.5 Å². The number of allylic oxidation sites excluding steroid dienone is 1. The smallest absolute Gasteiger partial charge is 0.0724 e. The predicted molar refractivity (Wildman–Crippen MR) is 108 cm³/mol. The molecule has 11 atom stereocenters. The van der Waals surface area contributed by atoms with Crippen molar-refractivity contribution in [3.8, 4) is 0 Å². The lowest BCUT2D eigenvalue weighted by Crippen LogP contribution is -2.77. The molecule has 0 saturated heterocycles. The fourth-order valence-corrected chi connectivity index (χ4v) is 11.2. The van der Waals surface area contributed by atoms with Crippen LogP contribution < -0.4 is 5.32 Å². The summed E-state index contributed by atoms with van der Waals surface area (Å²) in [6.07, 6.45) is 18.3. The molecule has 6 saturated carbocycles. The Bertz CT molecular complexity index is 821. The van der Waals surface area contributed by atoms with Gasteiger partial charge in [0.1, 0.15) is 0 Å². The summed E-state index contributed by atoms with van der Waals surface area (Å²) in [4.78, 5) is 0.